The van der Waals surface area contributed by atoms with Crippen molar-refractivity contribution >= 4 is 0 Å². The standard InChI is InChI=1S/C16H24N4O2/c1-16(2,3)14-12(7-8-21-14)15-18-13(22-19-15)6-5-11-9-17-20(4)10-11/h9-10,12,14H,5-8H2,1-4H3/t12-,14-/m0/s1. The number of nitrogens with zero attached hydrogens (tertiary/aromatic N) is 4. The van der Waals surface area contributed by atoms with E-state index < -0.39 is 0 Å². The molecule has 0 bridgehead atoms. The normalized spacial score (nSPS) is 22.4. The summed E-state index contributed by atoms with van der Waals surface area (Å²) in [5.41, 5.74) is 1.26. The maximum absolute atomic E-state index is 5.89. The van der Waals surface area contributed by atoms with Gasteiger partial charge in [0.25, 0.3) is 0 Å². The molecular weight excluding hydrogens is 280 g/mol. The summed E-state index contributed by atoms with van der Waals surface area (Å²) in [5.74, 6) is 1.72. The van der Waals surface area contributed by atoms with E-state index in [1.54, 1.807) is 4.68 Å². The highest BCUT2D eigenvalue weighted by atomic mass is 16.5. The van der Waals surface area contributed by atoms with Crippen LogP contribution in [-0.2, 0) is 24.6 Å². The van der Waals surface area contributed by atoms with Crippen molar-refractivity contribution in [2.45, 2.75) is 52.1 Å². The van der Waals surface area contributed by atoms with E-state index in [0.29, 0.717) is 5.89 Å². The molecule has 1 saturated heterocycles. The fourth-order valence-electron chi connectivity index (χ4n) is 3.08. The molecule has 0 unspecified atom stereocenters. The van der Waals surface area contributed by atoms with Crippen LogP contribution in [0.15, 0.2) is 16.9 Å². The molecule has 22 heavy (non-hydrogen) atoms. The lowest BCUT2D eigenvalue weighted by Crippen LogP contribution is -2.30. The summed E-state index contributed by atoms with van der Waals surface area (Å²) in [5, 5.41) is 8.36. The van der Waals surface area contributed by atoms with Gasteiger partial charge in [0.15, 0.2) is 5.82 Å². The Morgan fingerprint density at radius 2 is 2.14 bits per heavy atom. The lowest BCUT2D eigenvalue weighted by Gasteiger charge is -2.29. The summed E-state index contributed by atoms with van der Waals surface area (Å²) in [7, 11) is 1.92. The second-order valence-electron chi connectivity index (χ2n) is 7.12. The van der Waals surface area contributed by atoms with Gasteiger partial charge in [0.2, 0.25) is 5.89 Å². The molecule has 3 heterocycles. The van der Waals surface area contributed by atoms with Gasteiger partial charge in [-0.2, -0.15) is 10.1 Å². The molecule has 3 rings (SSSR count). The summed E-state index contributed by atoms with van der Waals surface area (Å²) in [6.45, 7) is 7.35. The largest absolute Gasteiger partial charge is 0.377 e. The molecule has 6 nitrogen and oxygen atoms in total. The minimum Gasteiger partial charge on any atom is -0.377 e. The molecule has 2 aromatic heterocycles. The van der Waals surface area contributed by atoms with E-state index in [-0.39, 0.29) is 17.4 Å². The third-order valence-corrected chi connectivity index (χ3v) is 4.15. The number of hydrogen-bond acceptors (Lipinski definition) is 5. The van der Waals surface area contributed by atoms with Gasteiger partial charge in [0, 0.05) is 26.3 Å². The molecule has 2 atom stereocenters. The predicted molar refractivity (Wildman–Crippen MR) is 81.5 cm³/mol. The van der Waals surface area contributed by atoms with Gasteiger partial charge in [-0.15, -0.1) is 0 Å². The zero-order valence-electron chi connectivity index (χ0n) is 13.7. The van der Waals surface area contributed by atoms with Crippen molar-refractivity contribution in [3.63, 3.8) is 0 Å². The van der Waals surface area contributed by atoms with Crippen LogP contribution in [0, 0.1) is 5.41 Å². The monoisotopic (exact) mass is 304 g/mol. The van der Waals surface area contributed by atoms with Crippen LogP contribution in [0.3, 0.4) is 0 Å². The number of hydrogen-bond donors (Lipinski definition) is 0. The summed E-state index contributed by atoms with van der Waals surface area (Å²) in [4.78, 5) is 4.59. The van der Waals surface area contributed by atoms with Crippen LogP contribution in [0.5, 0.6) is 0 Å². The van der Waals surface area contributed by atoms with E-state index >= 15 is 0 Å². The molecule has 1 aliphatic rings. The van der Waals surface area contributed by atoms with Crippen LogP contribution in [0.1, 0.15) is 50.4 Å². The Balaban J connectivity index is 1.65. The summed E-state index contributed by atoms with van der Waals surface area (Å²) in [6.07, 6.45) is 6.60. The Kier molecular flexibility index (Phi) is 4.04. The van der Waals surface area contributed by atoms with Crippen LogP contribution in [0.4, 0.5) is 0 Å². The van der Waals surface area contributed by atoms with Crippen molar-refractivity contribution in [2.24, 2.45) is 12.5 Å². The zero-order valence-corrected chi connectivity index (χ0v) is 13.7. The predicted octanol–water partition coefficient (Wildman–Crippen LogP) is 2.51. The number of ether oxygens (including phenoxy) is 1. The van der Waals surface area contributed by atoms with E-state index in [0.717, 1.165) is 31.7 Å². The third-order valence-electron chi connectivity index (χ3n) is 4.15. The van der Waals surface area contributed by atoms with Gasteiger partial charge in [0.05, 0.1) is 18.2 Å². The van der Waals surface area contributed by atoms with Gasteiger partial charge < -0.3 is 9.26 Å². The van der Waals surface area contributed by atoms with Gasteiger partial charge in [-0.1, -0.05) is 25.9 Å². The average molecular weight is 304 g/mol. The molecule has 120 valence electrons. The van der Waals surface area contributed by atoms with Crippen molar-refractivity contribution < 1.29 is 9.26 Å². The smallest absolute Gasteiger partial charge is 0.226 e. The van der Waals surface area contributed by atoms with Gasteiger partial charge in [-0.3, -0.25) is 4.68 Å². The highest BCUT2D eigenvalue weighted by Crippen LogP contribution is 2.39. The molecule has 0 aliphatic carbocycles. The molecule has 0 amide bonds. The molecule has 2 aromatic rings. The fourth-order valence-corrected chi connectivity index (χ4v) is 3.08. The summed E-state index contributed by atoms with van der Waals surface area (Å²) >= 11 is 0. The molecule has 0 saturated carbocycles. The number of rotatable bonds is 4. The van der Waals surface area contributed by atoms with Gasteiger partial charge >= 0.3 is 0 Å². The Morgan fingerprint density at radius 1 is 1.32 bits per heavy atom. The molecule has 1 aliphatic heterocycles. The average Bonchev–Trinajstić information content (AvgIpc) is 3.15. The van der Waals surface area contributed by atoms with E-state index in [1.807, 2.05) is 19.4 Å². The van der Waals surface area contributed by atoms with Crippen LogP contribution in [0.25, 0.3) is 0 Å². The van der Waals surface area contributed by atoms with Crippen molar-refractivity contribution in [3.05, 3.63) is 29.7 Å². The Bertz CT molecular complexity index is 626. The molecular formula is C16H24N4O2. The van der Waals surface area contributed by atoms with E-state index in [4.69, 9.17) is 9.26 Å². The highest BCUT2D eigenvalue weighted by Gasteiger charge is 2.40. The van der Waals surface area contributed by atoms with Crippen molar-refractivity contribution in [3.8, 4) is 0 Å². The maximum Gasteiger partial charge on any atom is 0.226 e. The van der Waals surface area contributed by atoms with Gasteiger partial charge in [-0.25, -0.2) is 0 Å². The first kappa shape index (κ1) is 15.2. The van der Waals surface area contributed by atoms with Crippen molar-refractivity contribution in [1.29, 1.82) is 0 Å². The first-order valence-electron chi connectivity index (χ1n) is 7.85. The molecule has 6 heteroatoms. The van der Waals surface area contributed by atoms with Gasteiger partial charge in [-0.05, 0) is 23.8 Å². The van der Waals surface area contributed by atoms with E-state index in [2.05, 4.69) is 36.0 Å². The quantitative estimate of drug-likeness (QED) is 0.868. The van der Waals surface area contributed by atoms with Crippen LogP contribution in [0.2, 0.25) is 0 Å². The van der Waals surface area contributed by atoms with E-state index in [1.165, 1.54) is 5.56 Å². The Morgan fingerprint density at radius 3 is 2.82 bits per heavy atom. The molecule has 0 spiro atoms. The molecule has 0 N–H and O–H groups in total. The second-order valence-corrected chi connectivity index (χ2v) is 7.12. The molecule has 1 fully saturated rings. The van der Waals surface area contributed by atoms with Gasteiger partial charge in [0.1, 0.15) is 0 Å². The maximum atomic E-state index is 5.89. The fraction of sp³-hybridized carbons (Fsp3) is 0.688. The lowest BCUT2D eigenvalue weighted by atomic mass is 9.81. The summed E-state index contributed by atoms with van der Waals surface area (Å²) in [6, 6.07) is 0. The SMILES string of the molecule is Cn1cc(CCc2nc([C@H]3CCO[C@@H]3C(C)(C)C)no2)cn1. The minimum atomic E-state index is 0.0810. The topological polar surface area (TPSA) is 66.0 Å². The van der Waals surface area contributed by atoms with Crippen LogP contribution in [-0.4, -0.2) is 32.6 Å². The van der Waals surface area contributed by atoms with Crippen molar-refractivity contribution in [1.82, 2.24) is 19.9 Å². The highest BCUT2D eigenvalue weighted by molar-refractivity contribution is 5.07. The van der Waals surface area contributed by atoms with Crippen LogP contribution < -0.4 is 0 Å². The van der Waals surface area contributed by atoms with Crippen molar-refractivity contribution in [2.75, 3.05) is 6.61 Å². The Hall–Kier alpha value is -1.69. The number of aryl methyl sites for hydroxylation is 3. The first-order chi connectivity index (χ1) is 10.4. The minimum absolute atomic E-state index is 0.0810. The molecule has 0 aromatic carbocycles. The zero-order chi connectivity index (χ0) is 15.7. The van der Waals surface area contributed by atoms with E-state index in [9.17, 15) is 0 Å². The lowest BCUT2D eigenvalue weighted by molar-refractivity contribution is 0.0193. The first-order valence-corrected chi connectivity index (χ1v) is 7.85. The number of aromatic nitrogens is 4. The Labute approximate surface area is 130 Å². The molecule has 0 radical (unpaired) electrons. The van der Waals surface area contributed by atoms with Crippen LogP contribution >= 0.6 is 0 Å². The third kappa shape index (κ3) is 3.21. The summed E-state index contributed by atoms with van der Waals surface area (Å²) < 4.78 is 13.1. The second kappa shape index (κ2) is 5.83.